The standard InChI is InChI=1S/C17H36N3O2/c1-17(2,3)22-16-10-19-7-13-20(14-8-19)11-5-18(6-12-20)9-15-21-4/h5-16H2,1-4H3/q+1. The molecule has 22 heavy (non-hydrogen) atoms. The normalized spacial score (nSPS) is 24.0. The van der Waals surface area contributed by atoms with Gasteiger partial charge in [0.05, 0.1) is 45.0 Å². The predicted molar refractivity (Wildman–Crippen MR) is 90.2 cm³/mol. The average molecular weight is 314 g/mol. The van der Waals surface area contributed by atoms with Gasteiger partial charge in [-0.25, -0.2) is 0 Å². The topological polar surface area (TPSA) is 24.9 Å². The number of quaternary nitrogens is 1. The molecule has 0 unspecified atom stereocenters. The van der Waals surface area contributed by atoms with E-state index < -0.39 is 0 Å². The molecule has 0 atom stereocenters. The lowest BCUT2D eigenvalue weighted by molar-refractivity contribution is -0.935. The Bertz CT molecular complexity index is 312. The van der Waals surface area contributed by atoms with Gasteiger partial charge in [-0.05, 0) is 20.8 Å². The molecule has 0 N–H and O–H groups in total. The summed E-state index contributed by atoms with van der Waals surface area (Å²) in [5.74, 6) is 0. The highest BCUT2D eigenvalue weighted by molar-refractivity contribution is 4.70. The highest BCUT2D eigenvalue weighted by Crippen LogP contribution is 2.17. The van der Waals surface area contributed by atoms with E-state index in [0.29, 0.717) is 0 Å². The van der Waals surface area contributed by atoms with Gasteiger partial charge in [0.2, 0.25) is 0 Å². The van der Waals surface area contributed by atoms with Crippen molar-refractivity contribution in [2.45, 2.75) is 26.4 Å². The van der Waals surface area contributed by atoms with Crippen molar-refractivity contribution in [3.8, 4) is 0 Å². The van der Waals surface area contributed by atoms with Crippen molar-refractivity contribution < 1.29 is 14.0 Å². The molecule has 2 aliphatic rings. The fraction of sp³-hybridized carbons (Fsp3) is 1.00. The molecule has 2 aliphatic heterocycles. The molecule has 5 nitrogen and oxygen atoms in total. The van der Waals surface area contributed by atoms with Crippen LogP contribution < -0.4 is 0 Å². The molecule has 0 aromatic carbocycles. The Kier molecular flexibility index (Phi) is 6.65. The van der Waals surface area contributed by atoms with Gasteiger partial charge in [0.15, 0.2) is 0 Å². The average Bonchev–Trinajstić information content (AvgIpc) is 2.48. The minimum absolute atomic E-state index is 0.0118. The highest BCUT2D eigenvalue weighted by Gasteiger charge is 2.36. The molecule has 130 valence electrons. The maximum absolute atomic E-state index is 5.86. The van der Waals surface area contributed by atoms with Crippen LogP contribution >= 0.6 is 0 Å². The lowest BCUT2D eigenvalue weighted by Crippen LogP contribution is -2.66. The molecule has 0 aromatic rings. The summed E-state index contributed by atoms with van der Waals surface area (Å²) in [5, 5.41) is 0. The van der Waals surface area contributed by atoms with E-state index in [4.69, 9.17) is 9.47 Å². The quantitative estimate of drug-likeness (QED) is 0.680. The molecule has 1 spiro atoms. The predicted octanol–water partition coefficient (Wildman–Crippen LogP) is 0.896. The van der Waals surface area contributed by atoms with Gasteiger partial charge in [-0.1, -0.05) is 0 Å². The largest absolute Gasteiger partial charge is 0.383 e. The van der Waals surface area contributed by atoms with Crippen LogP contribution in [0.3, 0.4) is 0 Å². The molecule has 0 aliphatic carbocycles. The van der Waals surface area contributed by atoms with Crippen molar-refractivity contribution in [3.63, 3.8) is 0 Å². The maximum atomic E-state index is 5.86. The SMILES string of the molecule is COCCN1CC[N+]2(CC1)CCN(CCOC(C)(C)C)CC2. The van der Waals surface area contributed by atoms with E-state index in [9.17, 15) is 0 Å². The first-order valence-corrected chi connectivity index (χ1v) is 8.85. The minimum Gasteiger partial charge on any atom is -0.383 e. The van der Waals surface area contributed by atoms with Gasteiger partial charge in [0, 0.05) is 46.4 Å². The Hall–Kier alpha value is -0.200. The molecule has 0 amide bonds. The van der Waals surface area contributed by atoms with E-state index in [-0.39, 0.29) is 5.60 Å². The van der Waals surface area contributed by atoms with E-state index in [1.807, 2.05) is 0 Å². The van der Waals surface area contributed by atoms with Gasteiger partial charge in [0.1, 0.15) is 0 Å². The van der Waals surface area contributed by atoms with Gasteiger partial charge in [0.25, 0.3) is 0 Å². The summed E-state index contributed by atoms with van der Waals surface area (Å²) in [6, 6.07) is 0. The number of hydrogen-bond acceptors (Lipinski definition) is 4. The number of nitrogens with zero attached hydrogens (tertiary/aromatic N) is 3. The Morgan fingerprint density at radius 3 is 1.68 bits per heavy atom. The van der Waals surface area contributed by atoms with E-state index in [1.54, 1.807) is 7.11 Å². The molecule has 0 saturated carbocycles. The Morgan fingerprint density at radius 2 is 1.27 bits per heavy atom. The summed E-state index contributed by atoms with van der Waals surface area (Å²) in [7, 11) is 1.79. The van der Waals surface area contributed by atoms with Gasteiger partial charge < -0.3 is 14.0 Å². The fourth-order valence-corrected chi connectivity index (χ4v) is 3.46. The number of piperazine rings is 2. The molecule has 0 radical (unpaired) electrons. The third-order valence-electron chi connectivity index (χ3n) is 5.12. The van der Waals surface area contributed by atoms with Crippen LogP contribution in [0.2, 0.25) is 0 Å². The van der Waals surface area contributed by atoms with Crippen molar-refractivity contribution in [2.75, 3.05) is 85.8 Å². The van der Waals surface area contributed by atoms with E-state index in [1.165, 1.54) is 56.8 Å². The van der Waals surface area contributed by atoms with Crippen LogP contribution in [-0.2, 0) is 9.47 Å². The second-order valence-electron chi connectivity index (χ2n) is 7.87. The van der Waals surface area contributed by atoms with E-state index in [0.717, 1.165) is 26.3 Å². The number of hydrogen-bond donors (Lipinski definition) is 0. The molecule has 0 bridgehead atoms. The first-order chi connectivity index (χ1) is 10.4. The van der Waals surface area contributed by atoms with Crippen molar-refractivity contribution in [1.29, 1.82) is 0 Å². The van der Waals surface area contributed by atoms with Gasteiger partial charge in [-0.3, -0.25) is 9.80 Å². The van der Waals surface area contributed by atoms with Gasteiger partial charge in [-0.2, -0.15) is 0 Å². The summed E-state index contributed by atoms with van der Waals surface area (Å²) < 4.78 is 12.4. The zero-order chi connectivity index (χ0) is 16.1. The third-order valence-corrected chi connectivity index (χ3v) is 5.12. The summed E-state index contributed by atoms with van der Waals surface area (Å²) in [6.07, 6.45) is 0. The summed E-state index contributed by atoms with van der Waals surface area (Å²) >= 11 is 0. The minimum atomic E-state index is -0.0118. The molecule has 2 fully saturated rings. The molecule has 5 heteroatoms. The summed E-state index contributed by atoms with van der Waals surface area (Å²) in [5.41, 5.74) is -0.0118. The Labute approximate surface area is 136 Å². The van der Waals surface area contributed by atoms with Crippen LogP contribution in [0.25, 0.3) is 0 Å². The van der Waals surface area contributed by atoms with Gasteiger partial charge >= 0.3 is 0 Å². The zero-order valence-corrected chi connectivity index (χ0v) is 15.1. The number of ether oxygens (including phenoxy) is 2. The van der Waals surface area contributed by atoms with Gasteiger partial charge in [-0.15, -0.1) is 0 Å². The number of rotatable bonds is 6. The summed E-state index contributed by atoms with van der Waals surface area (Å²) in [4.78, 5) is 5.13. The third kappa shape index (κ3) is 5.78. The summed E-state index contributed by atoms with van der Waals surface area (Å²) in [6.45, 7) is 20.5. The van der Waals surface area contributed by atoms with Crippen LogP contribution in [-0.4, -0.2) is 106 Å². The molecular formula is C17H36N3O2+. The molecule has 2 rings (SSSR count). The highest BCUT2D eigenvalue weighted by atomic mass is 16.5. The van der Waals surface area contributed by atoms with Crippen LogP contribution in [0.15, 0.2) is 0 Å². The van der Waals surface area contributed by atoms with Crippen LogP contribution in [0.1, 0.15) is 20.8 Å². The van der Waals surface area contributed by atoms with E-state index in [2.05, 4.69) is 30.6 Å². The monoisotopic (exact) mass is 314 g/mol. The zero-order valence-electron chi connectivity index (χ0n) is 15.1. The molecule has 0 aromatic heterocycles. The Morgan fingerprint density at radius 1 is 0.818 bits per heavy atom. The van der Waals surface area contributed by atoms with Crippen molar-refractivity contribution >= 4 is 0 Å². The van der Waals surface area contributed by atoms with Crippen LogP contribution in [0, 0.1) is 0 Å². The Balaban J connectivity index is 1.65. The van der Waals surface area contributed by atoms with Crippen molar-refractivity contribution in [1.82, 2.24) is 9.80 Å². The van der Waals surface area contributed by atoms with Crippen molar-refractivity contribution in [3.05, 3.63) is 0 Å². The lowest BCUT2D eigenvalue weighted by Gasteiger charge is -2.49. The second kappa shape index (κ2) is 8.06. The molecule has 2 heterocycles. The molecule has 2 saturated heterocycles. The number of methoxy groups -OCH3 is 1. The van der Waals surface area contributed by atoms with Crippen LogP contribution in [0.4, 0.5) is 0 Å². The smallest absolute Gasteiger partial charge is 0.0917 e. The maximum Gasteiger partial charge on any atom is 0.0917 e. The van der Waals surface area contributed by atoms with Crippen molar-refractivity contribution in [2.24, 2.45) is 0 Å². The first-order valence-electron chi connectivity index (χ1n) is 8.85. The second-order valence-corrected chi connectivity index (χ2v) is 7.87. The lowest BCUT2D eigenvalue weighted by atomic mass is 10.1. The van der Waals surface area contributed by atoms with Crippen LogP contribution in [0.5, 0.6) is 0 Å². The molecular weight excluding hydrogens is 278 g/mol. The fourth-order valence-electron chi connectivity index (χ4n) is 3.46. The van der Waals surface area contributed by atoms with E-state index >= 15 is 0 Å². The first kappa shape index (κ1) is 18.1.